The van der Waals surface area contributed by atoms with Crippen molar-refractivity contribution < 1.29 is 18.0 Å². The number of hydrogen-bond acceptors (Lipinski definition) is 7. The van der Waals surface area contributed by atoms with E-state index in [4.69, 9.17) is 0 Å². The molecule has 2 aromatic rings. The van der Waals surface area contributed by atoms with Gasteiger partial charge in [-0.15, -0.1) is 5.10 Å². The Morgan fingerprint density at radius 2 is 1.69 bits per heavy atom. The van der Waals surface area contributed by atoms with Crippen molar-refractivity contribution in [3.63, 3.8) is 0 Å². The van der Waals surface area contributed by atoms with Gasteiger partial charge in [0.2, 0.25) is 15.9 Å². The van der Waals surface area contributed by atoms with Crippen LogP contribution in [0.3, 0.4) is 0 Å². The number of nitrogens with one attached hydrogen (secondary N) is 1. The highest BCUT2D eigenvalue weighted by atomic mass is 32.2. The molecule has 11 nitrogen and oxygen atoms in total. The summed E-state index contributed by atoms with van der Waals surface area (Å²) in [6, 6.07) is 8.09. The van der Waals surface area contributed by atoms with Crippen LogP contribution >= 0.6 is 0 Å². The van der Waals surface area contributed by atoms with Gasteiger partial charge in [0, 0.05) is 83.8 Å². The Labute approximate surface area is 230 Å². The van der Waals surface area contributed by atoms with E-state index < -0.39 is 10.0 Å². The molecule has 12 heteroatoms. The predicted octanol–water partition coefficient (Wildman–Crippen LogP) is 2.19. The summed E-state index contributed by atoms with van der Waals surface area (Å²) in [7, 11) is -3.13. The Morgan fingerprint density at radius 1 is 1.00 bits per heavy atom. The van der Waals surface area contributed by atoms with Crippen molar-refractivity contribution in [3.8, 4) is 0 Å². The molecule has 212 valence electrons. The predicted molar refractivity (Wildman–Crippen MR) is 150 cm³/mol. The van der Waals surface area contributed by atoms with Crippen LogP contribution in [0.15, 0.2) is 30.5 Å². The van der Waals surface area contributed by atoms with Crippen LogP contribution in [0, 0.1) is 12.3 Å². The summed E-state index contributed by atoms with van der Waals surface area (Å²) < 4.78 is 27.0. The van der Waals surface area contributed by atoms with E-state index in [2.05, 4.69) is 45.3 Å². The fourth-order valence-corrected chi connectivity index (χ4v) is 7.00. The van der Waals surface area contributed by atoms with Gasteiger partial charge in [-0.05, 0) is 48.8 Å². The zero-order valence-corrected chi connectivity index (χ0v) is 23.9. The number of carbonyl (C=O) groups excluding carboxylic acids is 2. The summed E-state index contributed by atoms with van der Waals surface area (Å²) in [6.07, 6.45) is 5.85. The van der Waals surface area contributed by atoms with Crippen LogP contribution in [0.2, 0.25) is 0 Å². The second kappa shape index (κ2) is 10.9. The first-order valence-electron chi connectivity index (χ1n) is 13.7. The van der Waals surface area contributed by atoms with E-state index in [0.29, 0.717) is 32.0 Å². The first kappa shape index (κ1) is 27.6. The molecule has 4 heterocycles. The second-order valence-electron chi connectivity index (χ2n) is 11.3. The molecule has 1 aromatic carbocycles. The number of rotatable bonds is 5. The number of aromatic nitrogens is 2. The van der Waals surface area contributed by atoms with E-state index in [9.17, 15) is 18.0 Å². The Balaban J connectivity index is 1.18. The highest BCUT2D eigenvalue weighted by molar-refractivity contribution is 7.88. The molecule has 3 aliphatic rings. The molecule has 3 saturated heterocycles. The van der Waals surface area contributed by atoms with E-state index in [0.717, 1.165) is 52.0 Å². The van der Waals surface area contributed by atoms with Gasteiger partial charge in [-0.2, -0.15) is 4.68 Å². The average molecular weight is 558 g/mol. The van der Waals surface area contributed by atoms with Gasteiger partial charge < -0.3 is 15.1 Å². The Hall–Kier alpha value is -2.96. The zero-order chi connectivity index (χ0) is 27.8. The van der Waals surface area contributed by atoms with E-state index in [1.165, 1.54) is 34.7 Å². The number of aryl methyl sites for hydroxylation is 1. The molecule has 0 saturated carbocycles. The summed E-state index contributed by atoms with van der Waals surface area (Å²) in [5.74, 6) is 0.142. The monoisotopic (exact) mass is 557 g/mol. The Morgan fingerprint density at radius 3 is 2.33 bits per heavy atom. The summed E-state index contributed by atoms with van der Waals surface area (Å²) in [5.41, 5.74) is 3.88. The van der Waals surface area contributed by atoms with Crippen LogP contribution in [0.5, 0.6) is 0 Å². The van der Waals surface area contributed by atoms with Crippen LogP contribution in [-0.4, -0.2) is 103 Å². The minimum atomic E-state index is -3.13. The highest BCUT2D eigenvalue weighted by Gasteiger charge is 2.43. The Bertz CT molecular complexity index is 1330. The lowest BCUT2D eigenvalue weighted by atomic mass is 9.77. The SMILES string of the molecule is CC(=O)Nc1ccn(C(=O)N2CCN(Cc3ccc(C)cc3N3CCC4(CC3)CCN(S(C)(=O)=O)C4)CC2)n1. The van der Waals surface area contributed by atoms with E-state index >= 15 is 0 Å². The maximum atomic E-state index is 12.9. The van der Waals surface area contributed by atoms with E-state index in [1.54, 1.807) is 21.5 Å². The third kappa shape index (κ3) is 6.28. The standard InChI is InChI=1S/C27H39N7O4S/c1-21-4-5-23(24(18-21)31-11-7-27(8-12-31)9-13-33(20-27)39(3,37)38)19-30-14-16-32(17-15-30)26(36)34-10-6-25(29-34)28-22(2)35/h4-6,10,18H,7-9,11-17,19-20H2,1-3H3,(H,28,29,35). The second-order valence-corrected chi connectivity index (χ2v) is 13.3. The summed E-state index contributed by atoms with van der Waals surface area (Å²) in [5, 5.41) is 6.76. The van der Waals surface area contributed by atoms with Crippen LogP contribution in [0.1, 0.15) is 37.3 Å². The van der Waals surface area contributed by atoms with Crippen molar-refractivity contribution in [3.05, 3.63) is 41.6 Å². The average Bonchev–Trinajstić information content (AvgIpc) is 3.53. The summed E-state index contributed by atoms with van der Waals surface area (Å²) in [6.45, 7) is 10.2. The Kier molecular flexibility index (Phi) is 7.71. The maximum Gasteiger partial charge on any atom is 0.344 e. The van der Waals surface area contributed by atoms with Crippen LogP contribution in [0.25, 0.3) is 0 Å². The zero-order valence-electron chi connectivity index (χ0n) is 23.1. The molecule has 0 atom stereocenters. The lowest BCUT2D eigenvalue weighted by Gasteiger charge is -2.41. The van der Waals surface area contributed by atoms with Crippen molar-refractivity contribution in [2.45, 2.75) is 39.7 Å². The van der Waals surface area contributed by atoms with Gasteiger partial charge in [-0.1, -0.05) is 12.1 Å². The topological polar surface area (TPSA) is 111 Å². The molecule has 0 radical (unpaired) electrons. The first-order valence-corrected chi connectivity index (χ1v) is 15.5. The number of carbonyl (C=O) groups is 2. The third-order valence-corrected chi connectivity index (χ3v) is 9.65. The number of amides is 2. The quantitative estimate of drug-likeness (QED) is 0.600. The fraction of sp³-hybridized carbons (Fsp3) is 0.593. The van der Waals surface area contributed by atoms with Gasteiger partial charge in [-0.25, -0.2) is 17.5 Å². The van der Waals surface area contributed by atoms with Crippen molar-refractivity contribution in [1.29, 1.82) is 0 Å². The minimum absolute atomic E-state index is 0.101. The lowest BCUT2D eigenvalue weighted by molar-refractivity contribution is -0.114. The van der Waals surface area contributed by atoms with Gasteiger partial charge in [0.25, 0.3) is 0 Å². The largest absolute Gasteiger partial charge is 0.371 e. The van der Waals surface area contributed by atoms with Crippen molar-refractivity contribution in [2.24, 2.45) is 5.41 Å². The van der Waals surface area contributed by atoms with Gasteiger partial charge >= 0.3 is 6.03 Å². The molecule has 0 aliphatic carbocycles. The summed E-state index contributed by atoms with van der Waals surface area (Å²) in [4.78, 5) is 30.8. The van der Waals surface area contributed by atoms with Crippen LogP contribution < -0.4 is 10.2 Å². The molecule has 0 unspecified atom stereocenters. The van der Waals surface area contributed by atoms with Crippen molar-refractivity contribution in [1.82, 2.24) is 23.9 Å². The van der Waals surface area contributed by atoms with Gasteiger partial charge in [0.1, 0.15) is 0 Å². The smallest absolute Gasteiger partial charge is 0.344 e. The third-order valence-electron chi connectivity index (χ3n) is 8.40. The molecule has 39 heavy (non-hydrogen) atoms. The van der Waals surface area contributed by atoms with Gasteiger partial charge in [0.15, 0.2) is 5.82 Å². The molecule has 5 rings (SSSR count). The number of piperidine rings is 1. The van der Waals surface area contributed by atoms with E-state index in [1.807, 2.05) is 0 Å². The molecule has 1 aromatic heterocycles. The van der Waals surface area contributed by atoms with Crippen molar-refractivity contribution in [2.75, 3.05) is 68.8 Å². The molecule has 1 spiro atoms. The minimum Gasteiger partial charge on any atom is -0.371 e. The number of anilines is 2. The molecule has 2 amide bonds. The molecular formula is C27H39N7O4S. The fourth-order valence-electron chi connectivity index (χ4n) is 6.07. The first-order chi connectivity index (χ1) is 18.5. The van der Waals surface area contributed by atoms with Crippen LogP contribution in [-0.2, 0) is 21.4 Å². The van der Waals surface area contributed by atoms with Crippen molar-refractivity contribution >= 4 is 33.5 Å². The highest BCUT2D eigenvalue weighted by Crippen LogP contribution is 2.42. The molecule has 0 bridgehead atoms. The normalized spacial score (nSPS) is 20.5. The molecule has 1 N–H and O–H groups in total. The summed E-state index contributed by atoms with van der Waals surface area (Å²) >= 11 is 0. The molecule has 3 fully saturated rings. The van der Waals surface area contributed by atoms with E-state index in [-0.39, 0.29) is 17.4 Å². The molecular weight excluding hydrogens is 518 g/mol. The van der Waals surface area contributed by atoms with Gasteiger partial charge in [0.05, 0.1) is 6.26 Å². The molecule has 3 aliphatic heterocycles. The van der Waals surface area contributed by atoms with Crippen LogP contribution in [0.4, 0.5) is 16.3 Å². The number of hydrogen-bond donors (Lipinski definition) is 1. The lowest BCUT2D eigenvalue weighted by Crippen LogP contribution is -2.49. The number of nitrogens with zero attached hydrogens (tertiary/aromatic N) is 6. The van der Waals surface area contributed by atoms with Gasteiger partial charge in [-0.3, -0.25) is 9.69 Å². The number of piperazine rings is 1. The number of sulfonamides is 1. The maximum absolute atomic E-state index is 12.9. The number of benzene rings is 1.